The Morgan fingerprint density at radius 3 is 2.56 bits per heavy atom. The second kappa shape index (κ2) is 7.48. The van der Waals surface area contributed by atoms with Gasteiger partial charge in [0, 0.05) is 32.2 Å². The van der Waals surface area contributed by atoms with Gasteiger partial charge in [-0.1, -0.05) is 12.1 Å². The van der Waals surface area contributed by atoms with E-state index in [0.717, 1.165) is 12.8 Å². The Labute approximate surface area is 156 Å². The van der Waals surface area contributed by atoms with Crippen molar-refractivity contribution in [2.75, 3.05) is 32.7 Å². The Bertz CT molecular complexity index is 913. The molecule has 1 N–H and O–H groups in total. The predicted molar refractivity (Wildman–Crippen MR) is 100 cm³/mol. The Kier molecular flexibility index (Phi) is 4.89. The summed E-state index contributed by atoms with van der Waals surface area (Å²) in [7, 11) is 0. The van der Waals surface area contributed by atoms with Crippen LogP contribution in [0.4, 0.5) is 0 Å². The van der Waals surface area contributed by atoms with Gasteiger partial charge in [0.05, 0.1) is 23.8 Å². The zero-order valence-corrected chi connectivity index (χ0v) is 15.1. The molecular formula is C19H23N5O3. The predicted octanol–water partition coefficient (Wildman–Crippen LogP) is -0.181. The number of nitrogens with one attached hydrogen (secondary N) is 1. The fraction of sp³-hybridized carbons (Fsp3) is 0.474. The molecule has 1 saturated heterocycles. The minimum atomic E-state index is -0.204. The van der Waals surface area contributed by atoms with Gasteiger partial charge in [0.1, 0.15) is 6.54 Å². The molecule has 1 aromatic heterocycles. The van der Waals surface area contributed by atoms with E-state index in [1.54, 1.807) is 23.1 Å². The number of fused-ring (bicyclic) bond motifs is 1. The van der Waals surface area contributed by atoms with E-state index in [4.69, 9.17) is 0 Å². The van der Waals surface area contributed by atoms with Crippen molar-refractivity contribution in [1.82, 2.24) is 24.7 Å². The van der Waals surface area contributed by atoms with E-state index in [2.05, 4.69) is 15.2 Å². The second-order valence-corrected chi connectivity index (χ2v) is 7.19. The van der Waals surface area contributed by atoms with Crippen LogP contribution in [0.25, 0.3) is 10.9 Å². The first-order valence-electron chi connectivity index (χ1n) is 9.34. The average molecular weight is 369 g/mol. The number of carbonyl (C=O) groups excluding carboxylic acids is 2. The molecule has 2 fully saturated rings. The highest BCUT2D eigenvalue weighted by molar-refractivity contribution is 5.80. The number of rotatable bonds is 5. The standard InChI is InChI=1S/C19H23N5O3/c25-17(21-14-5-6-14)11-22-7-9-23(10-8-22)18(26)12-24-13-20-16-4-2-1-3-15(16)19(24)27/h1-4,13-14H,5-12H2,(H,21,25). The SMILES string of the molecule is O=C(CN1CCN(C(=O)Cn2cnc3ccccc3c2=O)CC1)NC1CC1. The summed E-state index contributed by atoms with van der Waals surface area (Å²) in [6.45, 7) is 2.81. The number of aromatic nitrogens is 2. The summed E-state index contributed by atoms with van der Waals surface area (Å²) in [5.74, 6) is -0.0395. The lowest BCUT2D eigenvalue weighted by Gasteiger charge is -2.34. The van der Waals surface area contributed by atoms with E-state index in [0.29, 0.717) is 49.7 Å². The largest absolute Gasteiger partial charge is 0.352 e. The van der Waals surface area contributed by atoms with Crippen LogP contribution in [0.1, 0.15) is 12.8 Å². The molecule has 1 aliphatic heterocycles. The van der Waals surface area contributed by atoms with Crippen molar-refractivity contribution in [2.45, 2.75) is 25.4 Å². The number of para-hydroxylation sites is 1. The van der Waals surface area contributed by atoms with Gasteiger partial charge in [0.25, 0.3) is 5.56 Å². The van der Waals surface area contributed by atoms with E-state index in [-0.39, 0.29) is 23.9 Å². The number of hydrogen-bond acceptors (Lipinski definition) is 5. The highest BCUT2D eigenvalue weighted by Crippen LogP contribution is 2.18. The van der Waals surface area contributed by atoms with Gasteiger partial charge in [-0.15, -0.1) is 0 Å². The van der Waals surface area contributed by atoms with Gasteiger partial charge in [-0.25, -0.2) is 4.98 Å². The molecule has 4 rings (SSSR count). The molecule has 8 heteroatoms. The van der Waals surface area contributed by atoms with Gasteiger partial charge < -0.3 is 10.2 Å². The number of nitrogens with zero attached hydrogens (tertiary/aromatic N) is 4. The molecule has 142 valence electrons. The number of hydrogen-bond donors (Lipinski definition) is 1. The first-order valence-corrected chi connectivity index (χ1v) is 9.34. The molecule has 0 spiro atoms. The van der Waals surface area contributed by atoms with Gasteiger partial charge >= 0.3 is 0 Å². The van der Waals surface area contributed by atoms with Crippen LogP contribution in [-0.2, 0) is 16.1 Å². The molecule has 8 nitrogen and oxygen atoms in total. The topological polar surface area (TPSA) is 87.5 Å². The van der Waals surface area contributed by atoms with E-state index in [1.165, 1.54) is 10.9 Å². The van der Waals surface area contributed by atoms with Crippen LogP contribution >= 0.6 is 0 Å². The van der Waals surface area contributed by atoms with Crippen molar-refractivity contribution in [1.29, 1.82) is 0 Å². The second-order valence-electron chi connectivity index (χ2n) is 7.19. The van der Waals surface area contributed by atoms with Crippen molar-refractivity contribution in [3.63, 3.8) is 0 Å². The fourth-order valence-electron chi connectivity index (χ4n) is 3.32. The van der Waals surface area contributed by atoms with E-state index >= 15 is 0 Å². The van der Waals surface area contributed by atoms with E-state index in [9.17, 15) is 14.4 Å². The van der Waals surface area contributed by atoms with Crippen molar-refractivity contribution in [2.24, 2.45) is 0 Å². The monoisotopic (exact) mass is 369 g/mol. The van der Waals surface area contributed by atoms with Crippen LogP contribution < -0.4 is 10.9 Å². The van der Waals surface area contributed by atoms with Crippen LogP contribution in [0, 0.1) is 0 Å². The molecule has 0 bridgehead atoms. The summed E-state index contributed by atoms with van der Waals surface area (Å²) in [5, 5.41) is 3.50. The number of benzene rings is 1. The molecular weight excluding hydrogens is 346 g/mol. The molecule has 2 heterocycles. The minimum Gasteiger partial charge on any atom is -0.352 e. The molecule has 0 atom stereocenters. The maximum Gasteiger partial charge on any atom is 0.261 e. The number of amides is 2. The molecule has 1 aliphatic carbocycles. The van der Waals surface area contributed by atoms with Crippen molar-refractivity contribution in [3.8, 4) is 0 Å². The fourth-order valence-corrected chi connectivity index (χ4v) is 3.32. The third kappa shape index (κ3) is 4.16. The first kappa shape index (κ1) is 17.7. The first-order chi connectivity index (χ1) is 13.1. The number of piperazine rings is 1. The van der Waals surface area contributed by atoms with Crippen LogP contribution in [0.5, 0.6) is 0 Å². The summed E-state index contributed by atoms with van der Waals surface area (Å²) < 4.78 is 1.36. The Balaban J connectivity index is 1.32. The van der Waals surface area contributed by atoms with Gasteiger partial charge in [-0.05, 0) is 25.0 Å². The summed E-state index contributed by atoms with van der Waals surface area (Å²) >= 11 is 0. The molecule has 2 aromatic rings. The van der Waals surface area contributed by atoms with E-state index in [1.807, 2.05) is 6.07 Å². The third-order valence-electron chi connectivity index (χ3n) is 5.07. The summed E-state index contributed by atoms with van der Waals surface area (Å²) in [6, 6.07) is 7.48. The van der Waals surface area contributed by atoms with Gasteiger partial charge in [0.15, 0.2) is 0 Å². The molecule has 0 radical (unpaired) electrons. The molecule has 1 aromatic carbocycles. The third-order valence-corrected chi connectivity index (χ3v) is 5.07. The smallest absolute Gasteiger partial charge is 0.261 e. The maximum atomic E-state index is 12.6. The van der Waals surface area contributed by atoms with Crippen molar-refractivity contribution < 1.29 is 9.59 Å². The van der Waals surface area contributed by atoms with Gasteiger partial charge in [0.2, 0.25) is 11.8 Å². The van der Waals surface area contributed by atoms with E-state index < -0.39 is 0 Å². The summed E-state index contributed by atoms with van der Waals surface area (Å²) in [4.78, 5) is 45.0. The van der Waals surface area contributed by atoms with Crippen LogP contribution in [0.15, 0.2) is 35.4 Å². The lowest BCUT2D eigenvalue weighted by molar-refractivity contribution is -0.134. The van der Waals surface area contributed by atoms with Gasteiger partial charge in [-0.3, -0.25) is 23.9 Å². The van der Waals surface area contributed by atoms with Crippen LogP contribution in [0.3, 0.4) is 0 Å². The highest BCUT2D eigenvalue weighted by atomic mass is 16.2. The quantitative estimate of drug-likeness (QED) is 0.790. The Hall–Kier alpha value is -2.74. The van der Waals surface area contributed by atoms with Gasteiger partial charge in [-0.2, -0.15) is 0 Å². The van der Waals surface area contributed by atoms with Crippen molar-refractivity contribution >= 4 is 22.7 Å². The molecule has 1 saturated carbocycles. The molecule has 0 unspecified atom stereocenters. The average Bonchev–Trinajstić information content (AvgIpc) is 3.48. The zero-order chi connectivity index (χ0) is 18.8. The number of carbonyl (C=O) groups is 2. The Morgan fingerprint density at radius 2 is 1.81 bits per heavy atom. The highest BCUT2D eigenvalue weighted by Gasteiger charge is 2.26. The van der Waals surface area contributed by atoms with Crippen LogP contribution in [0.2, 0.25) is 0 Å². The minimum absolute atomic E-state index is 0.0150. The zero-order valence-electron chi connectivity index (χ0n) is 15.1. The van der Waals surface area contributed by atoms with Crippen molar-refractivity contribution in [3.05, 3.63) is 40.9 Å². The lowest BCUT2D eigenvalue weighted by atomic mass is 10.2. The maximum absolute atomic E-state index is 12.6. The lowest BCUT2D eigenvalue weighted by Crippen LogP contribution is -2.52. The Morgan fingerprint density at radius 1 is 1.07 bits per heavy atom. The summed E-state index contributed by atoms with van der Waals surface area (Å²) in [5.41, 5.74) is 0.425. The van der Waals surface area contributed by atoms with Crippen LogP contribution in [-0.4, -0.2) is 69.9 Å². The summed E-state index contributed by atoms with van der Waals surface area (Å²) in [6.07, 6.45) is 3.59. The normalized spacial score (nSPS) is 17.9. The molecule has 2 amide bonds. The molecule has 2 aliphatic rings. The molecule has 27 heavy (non-hydrogen) atoms.